The molecule has 0 atom stereocenters. The fourth-order valence-electron chi connectivity index (χ4n) is 2.50. The molecule has 3 nitrogen and oxygen atoms in total. The van der Waals surface area contributed by atoms with Gasteiger partial charge in [-0.05, 0) is 66.8 Å². The first-order chi connectivity index (χ1) is 10.3. The Morgan fingerprint density at radius 1 is 0.762 bits per heavy atom. The van der Waals surface area contributed by atoms with Gasteiger partial charge in [-0.2, -0.15) is 0 Å². The van der Waals surface area contributed by atoms with Crippen molar-refractivity contribution >= 4 is 17.9 Å². The third-order valence-corrected chi connectivity index (χ3v) is 3.57. The van der Waals surface area contributed by atoms with Crippen molar-refractivity contribution in [2.75, 3.05) is 0 Å². The second-order valence-corrected chi connectivity index (χ2v) is 5.08. The predicted octanol–water partition coefficient (Wildman–Crippen LogP) is 3.70. The fourth-order valence-corrected chi connectivity index (χ4v) is 2.50. The van der Waals surface area contributed by atoms with Crippen LogP contribution < -0.4 is 0 Å². The van der Waals surface area contributed by atoms with Crippen LogP contribution in [0.3, 0.4) is 0 Å². The van der Waals surface area contributed by atoms with Crippen molar-refractivity contribution in [1.82, 2.24) is 9.97 Å². The molecule has 0 N–H and O–H groups in total. The molecule has 0 unspecified atom stereocenters. The maximum Gasteiger partial charge on any atom is 0.185 e. The van der Waals surface area contributed by atoms with Gasteiger partial charge in [0.2, 0.25) is 0 Å². The van der Waals surface area contributed by atoms with E-state index in [0.29, 0.717) is 0 Å². The quantitative estimate of drug-likeness (QED) is 0.785. The van der Waals surface area contributed by atoms with Crippen molar-refractivity contribution in [2.45, 2.75) is 19.3 Å². The van der Waals surface area contributed by atoms with Gasteiger partial charge >= 0.3 is 0 Å². The highest BCUT2D eigenvalue weighted by Gasteiger charge is 2.20. The van der Waals surface area contributed by atoms with Gasteiger partial charge in [0.15, 0.2) is 5.78 Å². The van der Waals surface area contributed by atoms with Crippen molar-refractivity contribution in [2.24, 2.45) is 0 Å². The highest BCUT2D eigenvalue weighted by Crippen LogP contribution is 2.27. The van der Waals surface area contributed by atoms with Crippen LogP contribution in [0.4, 0.5) is 0 Å². The van der Waals surface area contributed by atoms with Crippen LogP contribution in [-0.4, -0.2) is 15.8 Å². The Bertz CT molecular complexity index is 628. The van der Waals surface area contributed by atoms with Crippen molar-refractivity contribution in [3.05, 3.63) is 71.3 Å². The summed E-state index contributed by atoms with van der Waals surface area (Å²) in [4.78, 5) is 20.6. The molecule has 104 valence electrons. The molecule has 21 heavy (non-hydrogen) atoms. The zero-order valence-electron chi connectivity index (χ0n) is 11.7. The SMILES string of the molecule is O=C1/C(=C\c2ccncc2)CCC/C1=C/c1ccncc1. The van der Waals surface area contributed by atoms with E-state index in [1.165, 1.54) is 0 Å². The number of Topliss-reactive ketones (excluding diaryl/α,β-unsaturated/α-hetero) is 1. The lowest BCUT2D eigenvalue weighted by Gasteiger charge is -2.16. The fraction of sp³-hybridized carbons (Fsp3) is 0.167. The first-order valence-corrected chi connectivity index (χ1v) is 7.09. The molecule has 0 spiro atoms. The first kappa shape index (κ1) is 13.4. The van der Waals surface area contributed by atoms with Crippen LogP contribution in [0, 0.1) is 0 Å². The van der Waals surface area contributed by atoms with Gasteiger partial charge in [0, 0.05) is 35.9 Å². The zero-order chi connectivity index (χ0) is 14.5. The molecule has 0 aliphatic heterocycles. The van der Waals surface area contributed by atoms with Gasteiger partial charge in [-0.3, -0.25) is 14.8 Å². The Labute approximate surface area is 124 Å². The average Bonchev–Trinajstić information content (AvgIpc) is 2.53. The molecule has 3 heteroatoms. The standard InChI is InChI=1S/C18H16N2O/c21-18-16(12-14-4-8-19-9-5-14)2-1-3-17(18)13-15-6-10-20-11-7-15/h4-13H,1-3H2/b16-12-,17-13-. The van der Waals surface area contributed by atoms with Crippen molar-refractivity contribution < 1.29 is 4.79 Å². The number of carbonyl (C=O) groups is 1. The summed E-state index contributed by atoms with van der Waals surface area (Å²) >= 11 is 0. The maximum atomic E-state index is 12.6. The zero-order valence-corrected chi connectivity index (χ0v) is 11.7. The Kier molecular flexibility index (Phi) is 4.01. The van der Waals surface area contributed by atoms with E-state index >= 15 is 0 Å². The summed E-state index contributed by atoms with van der Waals surface area (Å²) in [6, 6.07) is 7.67. The van der Waals surface area contributed by atoms with Crippen molar-refractivity contribution in [3.63, 3.8) is 0 Å². The molecule has 0 aromatic carbocycles. The van der Waals surface area contributed by atoms with Gasteiger partial charge in [0.1, 0.15) is 0 Å². The molecule has 2 aromatic heterocycles. The lowest BCUT2D eigenvalue weighted by molar-refractivity contribution is -0.112. The second-order valence-electron chi connectivity index (χ2n) is 5.08. The van der Waals surface area contributed by atoms with Gasteiger partial charge in [-0.15, -0.1) is 0 Å². The van der Waals surface area contributed by atoms with Gasteiger partial charge < -0.3 is 0 Å². The second kappa shape index (κ2) is 6.27. The van der Waals surface area contributed by atoms with E-state index in [0.717, 1.165) is 41.5 Å². The summed E-state index contributed by atoms with van der Waals surface area (Å²) in [5.41, 5.74) is 3.82. The minimum Gasteiger partial charge on any atom is -0.289 e. The van der Waals surface area contributed by atoms with E-state index < -0.39 is 0 Å². The van der Waals surface area contributed by atoms with Crippen LogP contribution in [-0.2, 0) is 4.79 Å². The largest absolute Gasteiger partial charge is 0.289 e. The minimum absolute atomic E-state index is 0.162. The van der Waals surface area contributed by atoms with Crippen LogP contribution in [0.5, 0.6) is 0 Å². The summed E-state index contributed by atoms with van der Waals surface area (Å²) in [6.07, 6.45) is 13.6. The number of pyridine rings is 2. The molecule has 0 amide bonds. The number of nitrogens with zero attached hydrogens (tertiary/aromatic N) is 2. The predicted molar refractivity (Wildman–Crippen MR) is 83.3 cm³/mol. The normalized spacial score (nSPS) is 19.1. The van der Waals surface area contributed by atoms with Crippen LogP contribution in [0.25, 0.3) is 12.2 Å². The molecule has 0 saturated heterocycles. The van der Waals surface area contributed by atoms with Crippen LogP contribution in [0.15, 0.2) is 60.2 Å². The Balaban J connectivity index is 1.88. The Morgan fingerprint density at radius 3 is 1.62 bits per heavy atom. The summed E-state index contributed by atoms with van der Waals surface area (Å²) in [7, 11) is 0. The molecule has 0 radical (unpaired) electrons. The first-order valence-electron chi connectivity index (χ1n) is 7.09. The van der Waals surface area contributed by atoms with E-state index in [2.05, 4.69) is 9.97 Å². The summed E-state index contributed by atoms with van der Waals surface area (Å²) < 4.78 is 0. The highest BCUT2D eigenvalue weighted by atomic mass is 16.1. The maximum absolute atomic E-state index is 12.6. The molecule has 1 aliphatic carbocycles. The number of ketones is 1. The number of aromatic nitrogens is 2. The molecular formula is C18H16N2O. The van der Waals surface area contributed by atoms with Crippen molar-refractivity contribution in [3.8, 4) is 0 Å². The molecule has 1 saturated carbocycles. The molecule has 3 rings (SSSR count). The van der Waals surface area contributed by atoms with Gasteiger partial charge in [-0.25, -0.2) is 0 Å². The van der Waals surface area contributed by atoms with Gasteiger partial charge in [0.05, 0.1) is 0 Å². The van der Waals surface area contributed by atoms with E-state index in [-0.39, 0.29) is 5.78 Å². The van der Waals surface area contributed by atoms with Crippen LogP contribution in [0.2, 0.25) is 0 Å². The monoisotopic (exact) mass is 276 g/mol. The van der Waals surface area contributed by atoms with E-state index in [1.54, 1.807) is 24.8 Å². The molecule has 0 bridgehead atoms. The molecule has 2 heterocycles. The summed E-state index contributed by atoms with van der Waals surface area (Å²) in [5.74, 6) is 0.162. The smallest absolute Gasteiger partial charge is 0.185 e. The average molecular weight is 276 g/mol. The Morgan fingerprint density at radius 2 is 1.19 bits per heavy atom. The van der Waals surface area contributed by atoms with Gasteiger partial charge in [-0.1, -0.05) is 0 Å². The number of rotatable bonds is 2. The molecular weight excluding hydrogens is 260 g/mol. The topological polar surface area (TPSA) is 42.9 Å². The Hall–Kier alpha value is -2.55. The number of hydrogen-bond acceptors (Lipinski definition) is 3. The van der Waals surface area contributed by atoms with Gasteiger partial charge in [0.25, 0.3) is 0 Å². The number of allylic oxidation sites excluding steroid dienone is 2. The van der Waals surface area contributed by atoms with Crippen molar-refractivity contribution in [1.29, 1.82) is 0 Å². The highest BCUT2D eigenvalue weighted by molar-refractivity contribution is 6.13. The third-order valence-electron chi connectivity index (χ3n) is 3.57. The minimum atomic E-state index is 0.162. The third kappa shape index (κ3) is 3.31. The number of hydrogen-bond donors (Lipinski definition) is 0. The lowest BCUT2D eigenvalue weighted by Crippen LogP contribution is -2.12. The van der Waals surface area contributed by atoms with E-state index in [9.17, 15) is 4.79 Å². The number of carbonyl (C=O) groups excluding carboxylic acids is 1. The summed E-state index contributed by atoms with van der Waals surface area (Å²) in [6.45, 7) is 0. The summed E-state index contributed by atoms with van der Waals surface area (Å²) in [5, 5.41) is 0. The lowest BCUT2D eigenvalue weighted by atomic mass is 9.87. The molecule has 2 aromatic rings. The van der Waals surface area contributed by atoms with E-state index in [1.807, 2.05) is 36.4 Å². The molecule has 1 fully saturated rings. The van der Waals surface area contributed by atoms with Crippen LogP contribution in [0.1, 0.15) is 30.4 Å². The molecule has 1 aliphatic rings. The van der Waals surface area contributed by atoms with E-state index in [4.69, 9.17) is 0 Å². The van der Waals surface area contributed by atoms with Crippen LogP contribution >= 0.6 is 0 Å².